The first-order valence-electron chi connectivity index (χ1n) is 5.83. The van der Waals surface area contributed by atoms with Gasteiger partial charge in [-0.3, -0.25) is 4.79 Å². The van der Waals surface area contributed by atoms with Crippen molar-refractivity contribution in [1.29, 1.82) is 0 Å². The van der Waals surface area contributed by atoms with Crippen molar-refractivity contribution in [3.05, 3.63) is 23.7 Å². The molecule has 1 aliphatic rings. The van der Waals surface area contributed by atoms with Gasteiger partial charge < -0.3 is 15.5 Å². The highest BCUT2D eigenvalue weighted by Gasteiger charge is 2.37. The quantitative estimate of drug-likeness (QED) is 0.796. The lowest BCUT2D eigenvalue weighted by atomic mass is 10.2. The summed E-state index contributed by atoms with van der Waals surface area (Å²) in [6.07, 6.45) is 4.96. The average molecular weight is 222 g/mol. The number of hydrogen-bond donors (Lipinski definition) is 2. The zero-order valence-electron chi connectivity index (χ0n) is 9.53. The van der Waals surface area contributed by atoms with Gasteiger partial charge >= 0.3 is 0 Å². The van der Waals surface area contributed by atoms with E-state index in [1.807, 2.05) is 0 Å². The maximum Gasteiger partial charge on any atom is 0.254 e. The van der Waals surface area contributed by atoms with Crippen LogP contribution in [0.3, 0.4) is 0 Å². The van der Waals surface area contributed by atoms with Gasteiger partial charge in [0.25, 0.3) is 5.91 Å². The van der Waals surface area contributed by atoms with E-state index >= 15 is 0 Å². The second-order valence-electron chi connectivity index (χ2n) is 4.37. The van der Waals surface area contributed by atoms with Gasteiger partial charge in [-0.05, 0) is 24.8 Å². The Kier molecular flexibility index (Phi) is 3.29. The van der Waals surface area contributed by atoms with Gasteiger partial charge in [-0.2, -0.15) is 0 Å². The van der Waals surface area contributed by atoms with Crippen LogP contribution >= 0.6 is 0 Å². The molecule has 0 radical (unpaired) electrons. The largest absolute Gasteiger partial charge is 0.467 e. The van der Waals surface area contributed by atoms with Crippen molar-refractivity contribution in [3.8, 4) is 0 Å². The summed E-state index contributed by atoms with van der Waals surface area (Å²) < 4.78 is 5.13. The molecule has 1 aromatic rings. The molecule has 1 fully saturated rings. The van der Waals surface area contributed by atoms with Crippen molar-refractivity contribution in [2.45, 2.75) is 38.8 Å². The Morgan fingerprint density at radius 2 is 2.50 bits per heavy atom. The predicted octanol–water partition coefficient (Wildman–Crippen LogP) is 1.66. The highest BCUT2D eigenvalue weighted by molar-refractivity contribution is 5.94. The van der Waals surface area contributed by atoms with Crippen molar-refractivity contribution < 1.29 is 9.21 Å². The summed E-state index contributed by atoms with van der Waals surface area (Å²) in [5, 5.41) is 3.00. The minimum Gasteiger partial charge on any atom is -0.467 e. The molecule has 16 heavy (non-hydrogen) atoms. The monoisotopic (exact) mass is 222 g/mol. The molecule has 1 heterocycles. The van der Waals surface area contributed by atoms with Crippen LogP contribution in [-0.4, -0.2) is 11.9 Å². The Bertz CT molecular complexity index is 373. The van der Waals surface area contributed by atoms with Gasteiger partial charge in [0, 0.05) is 6.04 Å². The number of nitrogens with one attached hydrogen (secondary N) is 1. The number of hydrogen-bond acceptors (Lipinski definition) is 3. The lowest BCUT2D eigenvalue weighted by Crippen LogP contribution is -2.26. The molecular weight excluding hydrogens is 204 g/mol. The zero-order valence-corrected chi connectivity index (χ0v) is 9.53. The topological polar surface area (TPSA) is 68.3 Å². The maximum atomic E-state index is 11.8. The van der Waals surface area contributed by atoms with Crippen LogP contribution in [0.15, 0.2) is 16.7 Å². The summed E-state index contributed by atoms with van der Waals surface area (Å²) in [6.45, 7) is 2.50. The molecule has 0 bridgehead atoms. The Morgan fingerprint density at radius 1 is 1.69 bits per heavy atom. The third kappa shape index (κ3) is 2.44. The first-order chi connectivity index (χ1) is 7.74. The Balaban J connectivity index is 1.84. The molecule has 1 saturated carbocycles. The molecule has 88 valence electrons. The van der Waals surface area contributed by atoms with Crippen molar-refractivity contribution >= 4 is 5.91 Å². The normalized spacial score (nSPS) is 23.1. The number of nitrogens with two attached hydrogens (primary N) is 1. The van der Waals surface area contributed by atoms with E-state index in [4.69, 9.17) is 10.2 Å². The molecular formula is C12H18N2O2. The van der Waals surface area contributed by atoms with Crippen LogP contribution in [0.1, 0.15) is 42.3 Å². The minimum atomic E-state index is -0.0490. The van der Waals surface area contributed by atoms with E-state index in [1.165, 1.54) is 19.1 Å². The molecule has 4 heteroatoms. The highest BCUT2D eigenvalue weighted by Crippen LogP contribution is 2.34. The van der Waals surface area contributed by atoms with Crippen LogP contribution in [0.2, 0.25) is 0 Å². The van der Waals surface area contributed by atoms with E-state index in [9.17, 15) is 4.79 Å². The fraction of sp³-hybridized carbons (Fsp3) is 0.583. The van der Waals surface area contributed by atoms with Gasteiger partial charge in [0.15, 0.2) is 0 Å². The molecule has 2 rings (SSSR count). The molecule has 2 atom stereocenters. The summed E-state index contributed by atoms with van der Waals surface area (Å²) >= 11 is 0. The van der Waals surface area contributed by atoms with Gasteiger partial charge in [0.1, 0.15) is 12.0 Å². The minimum absolute atomic E-state index is 0.0490. The molecule has 1 aromatic heterocycles. The zero-order chi connectivity index (χ0) is 11.5. The van der Waals surface area contributed by atoms with Gasteiger partial charge in [-0.15, -0.1) is 0 Å². The summed E-state index contributed by atoms with van der Waals surface area (Å²) in [7, 11) is 0. The van der Waals surface area contributed by atoms with Crippen LogP contribution in [0.4, 0.5) is 0 Å². The maximum absolute atomic E-state index is 11.8. The highest BCUT2D eigenvalue weighted by atomic mass is 16.3. The molecule has 0 spiro atoms. The van der Waals surface area contributed by atoms with E-state index in [1.54, 1.807) is 6.07 Å². The van der Waals surface area contributed by atoms with Crippen LogP contribution in [-0.2, 0) is 6.54 Å². The SMILES string of the molecule is CCCC1CC1NC(=O)c1coc(CN)c1. The fourth-order valence-electron chi connectivity index (χ4n) is 1.97. The standard InChI is InChI=1S/C12H18N2O2/c1-2-3-8-5-11(8)14-12(15)9-4-10(6-13)16-7-9/h4,7-8,11H,2-3,5-6,13H2,1H3,(H,14,15). The number of amides is 1. The van der Waals surface area contributed by atoms with E-state index in [-0.39, 0.29) is 5.91 Å². The lowest BCUT2D eigenvalue weighted by molar-refractivity contribution is 0.0948. The molecule has 0 aromatic carbocycles. The third-order valence-corrected chi connectivity index (χ3v) is 3.02. The van der Waals surface area contributed by atoms with E-state index in [2.05, 4.69) is 12.2 Å². The molecule has 1 aliphatic carbocycles. The van der Waals surface area contributed by atoms with Gasteiger partial charge in [0.2, 0.25) is 0 Å². The van der Waals surface area contributed by atoms with Crippen molar-refractivity contribution in [3.63, 3.8) is 0 Å². The Hall–Kier alpha value is -1.29. The second kappa shape index (κ2) is 4.70. The van der Waals surface area contributed by atoms with E-state index in [0.29, 0.717) is 29.8 Å². The number of carbonyl (C=O) groups is 1. The smallest absolute Gasteiger partial charge is 0.254 e. The predicted molar refractivity (Wildman–Crippen MR) is 60.9 cm³/mol. The Morgan fingerprint density at radius 3 is 3.12 bits per heavy atom. The van der Waals surface area contributed by atoms with Crippen LogP contribution in [0, 0.1) is 5.92 Å². The van der Waals surface area contributed by atoms with Gasteiger partial charge in [-0.1, -0.05) is 13.3 Å². The summed E-state index contributed by atoms with van der Waals surface area (Å²) in [4.78, 5) is 11.8. The summed E-state index contributed by atoms with van der Waals surface area (Å²) in [6, 6.07) is 2.07. The number of rotatable bonds is 5. The average Bonchev–Trinajstić information content (AvgIpc) is 2.84. The molecule has 4 nitrogen and oxygen atoms in total. The molecule has 0 aliphatic heterocycles. The van der Waals surface area contributed by atoms with Crippen LogP contribution < -0.4 is 11.1 Å². The first-order valence-corrected chi connectivity index (χ1v) is 5.83. The molecule has 2 unspecified atom stereocenters. The Labute approximate surface area is 95.2 Å². The first kappa shape index (κ1) is 11.2. The van der Waals surface area contributed by atoms with E-state index < -0.39 is 0 Å². The van der Waals surface area contributed by atoms with Crippen molar-refractivity contribution in [2.24, 2.45) is 11.7 Å². The van der Waals surface area contributed by atoms with Gasteiger partial charge in [-0.25, -0.2) is 0 Å². The number of furan rings is 1. The van der Waals surface area contributed by atoms with Crippen molar-refractivity contribution in [2.75, 3.05) is 0 Å². The lowest BCUT2D eigenvalue weighted by Gasteiger charge is -2.01. The van der Waals surface area contributed by atoms with Crippen LogP contribution in [0.5, 0.6) is 0 Å². The van der Waals surface area contributed by atoms with Crippen LogP contribution in [0.25, 0.3) is 0 Å². The van der Waals surface area contributed by atoms with Crippen molar-refractivity contribution in [1.82, 2.24) is 5.32 Å². The summed E-state index contributed by atoms with van der Waals surface area (Å²) in [5.41, 5.74) is 5.98. The summed E-state index contributed by atoms with van der Waals surface area (Å²) in [5.74, 6) is 1.27. The third-order valence-electron chi connectivity index (χ3n) is 3.02. The molecule has 1 amide bonds. The van der Waals surface area contributed by atoms with E-state index in [0.717, 1.165) is 6.42 Å². The molecule has 0 saturated heterocycles. The number of carbonyl (C=O) groups excluding carboxylic acids is 1. The second-order valence-corrected chi connectivity index (χ2v) is 4.37. The fourth-order valence-corrected chi connectivity index (χ4v) is 1.97. The van der Waals surface area contributed by atoms with Gasteiger partial charge in [0.05, 0.1) is 12.1 Å². The molecule has 3 N–H and O–H groups in total.